The van der Waals surface area contributed by atoms with Crippen molar-refractivity contribution in [2.24, 2.45) is 5.92 Å². The maximum atomic E-state index is 6.21. The minimum Gasteiger partial charge on any atom is -0.489 e. The van der Waals surface area contributed by atoms with Crippen LogP contribution in [0.2, 0.25) is 0 Å². The van der Waals surface area contributed by atoms with Crippen molar-refractivity contribution >= 4 is 0 Å². The van der Waals surface area contributed by atoms with Crippen LogP contribution in [-0.2, 0) is 13.2 Å². The zero-order chi connectivity index (χ0) is 17.1. The SMILES string of the molecule is Cc1ccccc1COc1ccccc1CN1C[C@@H]2CC[C@H]1CNC2. The second-order valence-electron chi connectivity index (χ2n) is 7.51. The Morgan fingerprint density at radius 3 is 2.68 bits per heavy atom. The Bertz CT molecular complexity index is 711. The lowest BCUT2D eigenvalue weighted by molar-refractivity contribution is 0.124. The minimum absolute atomic E-state index is 0.636. The number of benzene rings is 2. The molecule has 3 aliphatic heterocycles. The summed E-state index contributed by atoms with van der Waals surface area (Å²) in [4.78, 5) is 2.66. The summed E-state index contributed by atoms with van der Waals surface area (Å²) in [7, 11) is 0. The predicted molar refractivity (Wildman–Crippen MR) is 102 cm³/mol. The number of hydrogen-bond donors (Lipinski definition) is 1. The van der Waals surface area contributed by atoms with Crippen LogP contribution in [0.3, 0.4) is 0 Å². The summed E-state index contributed by atoms with van der Waals surface area (Å²) < 4.78 is 6.21. The molecule has 2 aromatic carbocycles. The lowest BCUT2D eigenvalue weighted by atomic mass is 9.94. The maximum Gasteiger partial charge on any atom is 0.124 e. The van der Waals surface area contributed by atoms with Gasteiger partial charge in [0.2, 0.25) is 0 Å². The lowest BCUT2D eigenvalue weighted by Crippen LogP contribution is -2.43. The summed E-state index contributed by atoms with van der Waals surface area (Å²) in [5.74, 6) is 1.83. The Balaban J connectivity index is 1.47. The summed E-state index contributed by atoms with van der Waals surface area (Å²) >= 11 is 0. The zero-order valence-electron chi connectivity index (χ0n) is 15.1. The molecule has 0 aliphatic carbocycles. The van der Waals surface area contributed by atoms with Crippen LogP contribution in [0.1, 0.15) is 29.5 Å². The largest absolute Gasteiger partial charge is 0.489 e. The van der Waals surface area contributed by atoms with E-state index in [0.717, 1.165) is 24.8 Å². The van der Waals surface area contributed by atoms with E-state index in [2.05, 4.69) is 65.7 Å². The van der Waals surface area contributed by atoms with E-state index < -0.39 is 0 Å². The zero-order valence-corrected chi connectivity index (χ0v) is 15.1. The molecule has 3 heteroatoms. The third-order valence-electron chi connectivity index (χ3n) is 5.72. The Kier molecular flexibility index (Phi) is 5.04. The number of aryl methyl sites for hydroxylation is 1. The van der Waals surface area contributed by atoms with Gasteiger partial charge in [0, 0.05) is 31.2 Å². The van der Waals surface area contributed by atoms with Gasteiger partial charge in [0.05, 0.1) is 0 Å². The smallest absolute Gasteiger partial charge is 0.124 e. The fourth-order valence-electron chi connectivity index (χ4n) is 4.15. The molecule has 2 atom stereocenters. The van der Waals surface area contributed by atoms with Gasteiger partial charge >= 0.3 is 0 Å². The number of para-hydroxylation sites is 1. The van der Waals surface area contributed by atoms with Gasteiger partial charge < -0.3 is 10.1 Å². The average molecular weight is 336 g/mol. The molecule has 0 radical (unpaired) electrons. The number of nitrogens with one attached hydrogen (secondary N) is 1. The summed E-state index contributed by atoms with van der Waals surface area (Å²) in [5, 5.41) is 3.62. The van der Waals surface area contributed by atoms with Gasteiger partial charge in [-0.25, -0.2) is 0 Å². The van der Waals surface area contributed by atoms with Gasteiger partial charge in [-0.05, 0) is 49.4 Å². The molecule has 5 rings (SSSR count). The first-order valence-corrected chi connectivity index (χ1v) is 9.49. The summed E-state index contributed by atoms with van der Waals surface area (Å²) in [6, 6.07) is 17.7. The first kappa shape index (κ1) is 16.6. The summed E-state index contributed by atoms with van der Waals surface area (Å²) in [6.45, 7) is 7.29. The van der Waals surface area contributed by atoms with Crippen LogP contribution >= 0.6 is 0 Å². The van der Waals surface area contributed by atoms with E-state index in [1.54, 1.807) is 0 Å². The first-order valence-electron chi connectivity index (χ1n) is 9.49. The molecule has 132 valence electrons. The normalized spacial score (nSPS) is 23.4. The molecule has 3 fully saturated rings. The van der Waals surface area contributed by atoms with Crippen LogP contribution in [0.15, 0.2) is 48.5 Å². The standard InChI is InChI=1S/C22H28N2O/c1-17-6-2-3-8-20(17)16-25-22-9-5-4-7-19(22)15-24-14-18-10-11-21(24)13-23-12-18/h2-9,18,21,23H,10-16H2,1H3/t18-,21+/m1/s1. The molecule has 3 saturated heterocycles. The van der Waals surface area contributed by atoms with Crippen molar-refractivity contribution in [3.8, 4) is 5.75 Å². The van der Waals surface area contributed by atoms with E-state index in [1.165, 1.54) is 42.6 Å². The number of piperidine rings is 1. The molecule has 3 nitrogen and oxygen atoms in total. The van der Waals surface area contributed by atoms with Gasteiger partial charge in [-0.3, -0.25) is 4.90 Å². The maximum absolute atomic E-state index is 6.21. The van der Waals surface area contributed by atoms with Gasteiger partial charge in [-0.1, -0.05) is 42.5 Å². The fraction of sp³-hybridized carbons (Fsp3) is 0.455. The van der Waals surface area contributed by atoms with E-state index >= 15 is 0 Å². The van der Waals surface area contributed by atoms with Gasteiger partial charge in [0.25, 0.3) is 0 Å². The Labute approximate surface area is 151 Å². The van der Waals surface area contributed by atoms with Crippen molar-refractivity contribution in [2.75, 3.05) is 19.6 Å². The van der Waals surface area contributed by atoms with E-state index in [0.29, 0.717) is 12.6 Å². The third-order valence-corrected chi connectivity index (χ3v) is 5.72. The molecule has 2 bridgehead atoms. The van der Waals surface area contributed by atoms with Crippen molar-refractivity contribution in [3.05, 3.63) is 65.2 Å². The van der Waals surface area contributed by atoms with Gasteiger partial charge in [0.15, 0.2) is 0 Å². The van der Waals surface area contributed by atoms with Crippen LogP contribution in [0.5, 0.6) is 5.75 Å². The highest BCUT2D eigenvalue weighted by Gasteiger charge is 2.31. The quantitative estimate of drug-likeness (QED) is 0.900. The van der Waals surface area contributed by atoms with E-state index in [4.69, 9.17) is 4.74 Å². The molecule has 2 aromatic rings. The molecule has 0 aromatic heterocycles. The van der Waals surface area contributed by atoms with Crippen molar-refractivity contribution in [1.82, 2.24) is 10.2 Å². The molecular formula is C22H28N2O. The van der Waals surface area contributed by atoms with Gasteiger partial charge in [0.1, 0.15) is 12.4 Å². The Hall–Kier alpha value is -1.84. The number of nitrogens with zero attached hydrogens (tertiary/aromatic N) is 1. The van der Waals surface area contributed by atoms with Crippen molar-refractivity contribution in [1.29, 1.82) is 0 Å². The fourth-order valence-corrected chi connectivity index (χ4v) is 4.15. The van der Waals surface area contributed by atoms with Crippen LogP contribution in [0.25, 0.3) is 0 Å². The number of fused-ring (bicyclic) bond motifs is 4. The van der Waals surface area contributed by atoms with Crippen LogP contribution in [-0.4, -0.2) is 30.6 Å². The Morgan fingerprint density at radius 1 is 1.00 bits per heavy atom. The van der Waals surface area contributed by atoms with E-state index in [1.807, 2.05) is 0 Å². The molecule has 0 saturated carbocycles. The van der Waals surface area contributed by atoms with Crippen molar-refractivity contribution in [2.45, 2.75) is 39.0 Å². The highest BCUT2D eigenvalue weighted by atomic mass is 16.5. The average Bonchev–Trinajstić information content (AvgIpc) is 2.98. The molecule has 25 heavy (non-hydrogen) atoms. The molecule has 0 amide bonds. The van der Waals surface area contributed by atoms with Crippen molar-refractivity contribution in [3.63, 3.8) is 0 Å². The van der Waals surface area contributed by atoms with Gasteiger partial charge in [-0.2, -0.15) is 0 Å². The monoisotopic (exact) mass is 336 g/mol. The van der Waals surface area contributed by atoms with E-state index in [9.17, 15) is 0 Å². The molecule has 3 aliphatic rings. The van der Waals surface area contributed by atoms with Crippen LogP contribution < -0.4 is 10.1 Å². The number of ether oxygens (including phenoxy) is 1. The minimum atomic E-state index is 0.636. The van der Waals surface area contributed by atoms with E-state index in [-0.39, 0.29) is 0 Å². The van der Waals surface area contributed by atoms with Crippen LogP contribution in [0, 0.1) is 12.8 Å². The van der Waals surface area contributed by atoms with Crippen molar-refractivity contribution < 1.29 is 4.74 Å². The highest BCUT2D eigenvalue weighted by molar-refractivity contribution is 5.34. The Morgan fingerprint density at radius 2 is 1.80 bits per heavy atom. The second-order valence-corrected chi connectivity index (χ2v) is 7.51. The number of hydrogen-bond acceptors (Lipinski definition) is 3. The lowest BCUT2D eigenvalue weighted by Gasteiger charge is -2.36. The molecule has 1 N–H and O–H groups in total. The molecule has 0 spiro atoms. The molecule has 0 unspecified atom stereocenters. The van der Waals surface area contributed by atoms with Gasteiger partial charge in [-0.15, -0.1) is 0 Å². The second kappa shape index (κ2) is 7.59. The highest BCUT2D eigenvalue weighted by Crippen LogP contribution is 2.28. The number of rotatable bonds is 5. The topological polar surface area (TPSA) is 24.5 Å². The molecular weight excluding hydrogens is 308 g/mol. The first-order chi connectivity index (χ1) is 12.3. The third kappa shape index (κ3) is 3.88. The predicted octanol–water partition coefficient (Wildman–Crippen LogP) is 3.76. The molecule has 3 heterocycles. The summed E-state index contributed by atoms with van der Waals surface area (Å²) in [5.41, 5.74) is 3.86. The summed E-state index contributed by atoms with van der Waals surface area (Å²) in [6.07, 6.45) is 2.70. The van der Waals surface area contributed by atoms with Crippen LogP contribution in [0.4, 0.5) is 0 Å².